The van der Waals surface area contributed by atoms with Gasteiger partial charge in [0.15, 0.2) is 11.6 Å². The van der Waals surface area contributed by atoms with Gasteiger partial charge in [-0.2, -0.15) is 26.3 Å². The number of nitrogens with zero attached hydrogens (tertiary/aromatic N) is 5. The highest BCUT2D eigenvalue weighted by Gasteiger charge is 2.37. The van der Waals surface area contributed by atoms with Crippen molar-refractivity contribution in [3.63, 3.8) is 0 Å². The van der Waals surface area contributed by atoms with Gasteiger partial charge in [0.25, 0.3) is 5.91 Å². The smallest absolute Gasteiger partial charge is 0.280 e. The first-order valence-electron chi connectivity index (χ1n) is 8.54. The lowest BCUT2D eigenvalue weighted by molar-refractivity contribution is -0.143. The predicted molar refractivity (Wildman–Crippen MR) is 104 cm³/mol. The lowest BCUT2D eigenvalue weighted by Crippen LogP contribution is -2.35. The number of benzene rings is 1. The third-order valence-corrected chi connectivity index (χ3v) is 3.56. The van der Waals surface area contributed by atoms with E-state index in [1.54, 1.807) is 6.92 Å². The molecule has 0 saturated carbocycles. The minimum atomic E-state index is -5.00. The predicted octanol–water partition coefficient (Wildman–Crippen LogP) is 3.66. The Kier molecular flexibility index (Phi) is 7.51. The maximum absolute atomic E-state index is 13.0. The van der Waals surface area contributed by atoms with E-state index in [0.29, 0.717) is 12.1 Å². The van der Waals surface area contributed by atoms with E-state index >= 15 is 0 Å². The first-order valence-corrected chi connectivity index (χ1v) is 8.54. The number of amides is 1. The molecule has 1 aromatic heterocycles. The molecular formula is C18H15F6N7O. The van der Waals surface area contributed by atoms with Crippen molar-refractivity contribution >= 4 is 25.0 Å². The zero-order valence-electron chi connectivity index (χ0n) is 16.2. The summed E-state index contributed by atoms with van der Waals surface area (Å²) in [5, 5.41) is 3.78. The molecule has 1 aromatic carbocycles. The summed E-state index contributed by atoms with van der Waals surface area (Å²) >= 11 is 0. The van der Waals surface area contributed by atoms with Gasteiger partial charge in [0.1, 0.15) is 6.33 Å². The van der Waals surface area contributed by atoms with Gasteiger partial charge in [0, 0.05) is 24.1 Å². The number of aromatic nitrogens is 3. The number of hydrogen-bond acceptors (Lipinski definition) is 6. The van der Waals surface area contributed by atoms with Crippen LogP contribution in [0.25, 0.3) is 17.6 Å². The average Bonchev–Trinajstić information content (AvgIpc) is 3.20. The quantitative estimate of drug-likeness (QED) is 0.286. The first kappa shape index (κ1) is 24.3. The van der Waals surface area contributed by atoms with Crippen LogP contribution in [-0.2, 0) is 17.1 Å². The van der Waals surface area contributed by atoms with Crippen molar-refractivity contribution in [3.8, 4) is 11.4 Å². The summed E-state index contributed by atoms with van der Waals surface area (Å²) in [7, 11) is 0. The van der Waals surface area contributed by atoms with Gasteiger partial charge in [-0.05, 0) is 31.8 Å². The number of hydrazine groups is 1. The zero-order valence-corrected chi connectivity index (χ0v) is 16.2. The molecule has 2 N–H and O–H groups in total. The topological polar surface area (TPSA) is 96.6 Å². The summed E-state index contributed by atoms with van der Waals surface area (Å²) in [4.78, 5) is 22.8. The van der Waals surface area contributed by atoms with Gasteiger partial charge < -0.3 is 0 Å². The van der Waals surface area contributed by atoms with Gasteiger partial charge in [-0.15, -0.1) is 5.10 Å². The van der Waals surface area contributed by atoms with Crippen molar-refractivity contribution in [1.29, 1.82) is 0 Å². The molecule has 0 aliphatic heterocycles. The SMILES string of the molecule is C=N/C(=C\N=CC)NNC(=O)/C=C\n1cnc(-c2cc(C(F)(F)F)cc(C(F)(F)F)c2)n1. The monoisotopic (exact) mass is 459 g/mol. The van der Waals surface area contributed by atoms with E-state index in [9.17, 15) is 31.1 Å². The maximum atomic E-state index is 13.0. The van der Waals surface area contributed by atoms with Crippen molar-refractivity contribution in [2.45, 2.75) is 19.3 Å². The van der Waals surface area contributed by atoms with Gasteiger partial charge in [-0.1, -0.05) is 0 Å². The fraction of sp³-hybridized carbons (Fsp3) is 0.167. The zero-order chi connectivity index (χ0) is 23.9. The highest BCUT2D eigenvalue weighted by atomic mass is 19.4. The van der Waals surface area contributed by atoms with Gasteiger partial charge in [-0.3, -0.25) is 20.6 Å². The van der Waals surface area contributed by atoms with Crippen LogP contribution in [0.4, 0.5) is 26.3 Å². The number of carbonyl (C=O) groups excluding carboxylic acids is 1. The van der Waals surface area contributed by atoms with E-state index in [4.69, 9.17) is 0 Å². The molecule has 1 amide bonds. The molecule has 14 heteroatoms. The molecule has 0 bridgehead atoms. The fourth-order valence-electron chi connectivity index (χ4n) is 2.13. The summed E-state index contributed by atoms with van der Waals surface area (Å²) in [5.41, 5.74) is 1.18. The van der Waals surface area contributed by atoms with Crippen molar-refractivity contribution in [2.24, 2.45) is 9.98 Å². The largest absolute Gasteiger partial charge is 0.416 e. The Morgan fingerprint density at radius 3 is 2.25 bits per heavy atom. The Morgan fingerprint density at radius 2 is 1.72 bits per heavy atom. The Morgan fingerprint density at radius 1 is 1.09 bits per heavy atom. The number of hydrogen-bond donors (Lipinski definition) is 2. The molecule has 0 fully saturated rings. The highest BCUT2D eigenvalue weighted by Crippen LogP contribution is 2.37. The lowest BCUT2D eigenvalue weighted by Gasteiger charge is -2.13. The van der Waals surface area contributed by atoms with Gasteiger partial charge >= 0.3 is 12.4 Å². The van der Waals surface area contributed by atoms with Crippen LogP contribution < -0.4 is 10.9 Å². The van der Waals surface area contributed by atoms with Crippen molar-refractivity contribution in [2.75, 3.05) is 0 Å². The highest BCUT2D eigenvalue weighted by molar-refractivity contribution is 5.89. The van der Waals surface area contributed by atoms with E-state index in [2.05, 4.69) is 37.6 Å². The summed E-state index contributed by atoms with van der Waals surface area (Å²) < 4.78 is 78.9. The van der Waals surface area contributed by atoms with Gasteiger partial charge in [0.2, 0.25) is 0 Å². The normalized spacial score (nSPS) is 13.0. The van der Waals surface area contributed by atoms with Crippen LogP contribution >= 0.6 is 0 Å². The van der Waals surface area contributed by atoms with E-state index in [-0.39, 0.29) is 11.9 Å². The molecule has 2 aromatic rings. The van der Waals surface area contributed by atoms with Crippen LogP contribution in [0.3, 0.4) is 0 Å². The number of halogens is 6. The number of nitrogens with one attached hydrogen (secondary N) is 2. The molecule has 0 unspecified atom stereocenters. The molecule has 2 rings (SSSR count). The Balaban J connectivity index is 2.20. The summed E-state index contributed by atoms with van der Waals surface area (Å²) in [6.07, 6.45) is -4.18. The molecule has 0 spiro atoms. The minimum absolute atomic E-state index is 0.00433. The molecule has 0 aliphatic carbocycles. The summed E-state index contributed by atoms with van der Waals surface area (Å²) in [6.45, 7) is 4.93. The van der Waals surface area contributed by atoms with Crippen LogP contribution in [0.2, 0.25) is 0 Å². The van der Waals surface area contributed by atoms with Gasteiger partial charge in [0.05, 0.1) is 17.3 Å². The number of alkyl halides is 6. The van der Waals surface area contributed by atoms with Gasteiger partial charge in [-0.25, -0.2) is 14.7 Å². The molecule has 0 atom stereocenters. The van der Waals surface area contributed by atoms with E-state index in [0.717, 1.165) is 23.3 Å². The second kappa shape index (κ2) is 9.89. The number of rotatable bonds is 7. The van der Waals surface area contributed by atoms with Crippen LogP contribution in [0.1, 0.15) is 18.1 Å². The lowest BCUT2D eigenvalue weighted by atomic mass is 10.0. The molecule has 1 heterocycles. The molecule has 32 heavy (non-hydrogen) atoms. The third kappa shape index (κ3) is 6.78. The summed E-state index contributed by atoms with van der Waals surface area (Å²) in [5.74, 6) is -0.948. The van der Waals surface area contributed by atoms with Crippen molar-refractivity contribution in [3.05, 3.63) is 53.8 Å². The second-order valence-corrected chi connectivity index (χ2v) is 5.85. The fourth-order valence-corrected chi connectivity index (χ4v) is 2.13. The summed E-state index contributed by atoms with van der Waals surface area (Å²) in [6, 6.07) is 1.01. The van der Waals surface area contributed by atoms with E-state index in [1.165, 1.54) is 12.4 Å². The number of aliphatic imine (C=N–C) groups is 2. The minimum Gasteiger partial charge on any atom is -0.280 e. The van der Waals surface area contributed by atoms with Crippen molar-refractivity contribution < 1.29 is 31.1 Å². The molecule has 8 nitrogen and oxygen atoms in total. The molecule has 0 radical (unpaired) electrons. The average molecular weight is 459 g/mol. The maximum Gasteiger partial charge on any atom is 0.416 e. The standard InChI is InChI=1S/C18H15F6N7O/c1-3-26-9-14(25-2)28-29-15(32)4-5-31-10-27-16(30-31)11-6-12(17(19,20)21)8-13(7-11)18(22,23)24/h3-10,28H,2H2,1H3,(H,29,32)/b5-4-,14-9+,26-3?. The van der Waals surface area contributed by atoms with Crippen molar-refractivity contribution in [1.82, 2.24) is 25.6 Å². The number of carbonyl (C=O) groups is 1. The van der Waals surface area contributed by atoms with E-state index < -0.39 is 40.8 Å². The molecule has 170 valence electrons. The molecule has 0 saturated heterocycles. The third-order valence-electron chi connectivity index (χ3n) is 3.56. The Labute approximate surface area is 177 Å². The van der Waals surface area contributed by atoms with Crippen LogP contribution in [0.5, 0.6) is 0 Å². The van der Waals surface area contributed by atoms with E-state index in [1.807, 2.05) is 0 Å². The Bertz CT molecular complexity index is 1030. The molecular weight excluding hydrogens is 444 g/mol. The van der Waals surface area contributed by atoms with Crippen LogP contribution in [-0.4, -0.2) is 33.6 Å². The second-order valence-electron chi connectivity index (χ2n) is 5.85. The van der Waals surface area contributed by atoms with Crippen LogP contribution in [0.15, 0.2) is 52.6 Å². The molecule has 0 aliphatic rings. The van der Waals surface area contributed by atoms with Crippen LogP contribution in [0, 0.1) is 0 Å². The Hall–Kier alpha value is -3.97. The first-order chi connectivity index (χ1) is 14.9.